The van der Waals surface area contributed by atoms with Gasteiger partial charge in [0, 0.05) is 22.0 Å². The number of fused-ring (bicyclic) bond motifs is 9. The van der Waals surface area contributed by atoms with Crippen molar-refractivity contribution in [2.45, 2.75) is 0 Å². The Hall–Kier alpha value is -4.05. The summed E-state index contributed by atoms with van der Waals surface area (Å²) in [5.74, 6) is 0.929. The Bertz CT molecular complexity index is 1700. The number of hydrogen-bond acceptors (Lipinski definition) is 1. The lowest BCUT2D eigenvalue weighted by atomic mass is 10.1. The van der Waals surface area contributed by atoms with E-state index >= 15 is 0 Å². The highest BCUT2D eigenvalue weighted by atomic mass is 15.2. The van der Waals surface area contributed by atoms with Gasteiger partial charge in [0.2, 0.25) is 5.78 Å². The quantitative estimate of drug-likeness (QED) is 0.373. The summed E-state index contributed by atoms with van der Waals surface area (Å²) >= 11 is 0. The van der Waals surface area contributed by atoms with Gasteiger partial charge in [-0.05, 0) is 42.5 Å². The van der Waals surface area contributed by atoms with Gasteiger partial charge in [-0.15, -0.1) is 0 Å². The Labute approximate surface area is 165 Å². The SMILES string of the molecule is c1ccc(-n2c3c4[nH]c5ccccc5c4ccc3n3c4ccccc4nc23)cc1. The van der Waals surface area contributed by atoms with Crippen LogP contribution in [0.2, 0.25) is 0 Å². The standard InChI is InChI=1S/C25H16N4/c1-2-8-16(9-3-1)28-24-22(29-21-13-7-6-12-20(21)27-25(28)29)15-14-18-17-10-4-5-11-19(17)26-23(18)24/h1-15,26H. The van der Waals surface area contributed by atoms with Gasteiger partial charge in [-0.3, -0.25) is 8.97 Å². The smallest absolute Gasteiger partial charge is 0.220 e. The van der Waals surface area contributed by atoms with Crippen LogP contribution >= 0.6 is 0 Å². The average molecular weight is 372 g/mol. The molecule has 4 nitrogen and oxygen atoms in total. The summed E-state index contributed by atoms with van der Waals surface area (Å²) in [4.78, 5) is 8.67. The van der Waals surface area contributed by atoms with Crippen molar-refractivity contribution in [2.75, 3.05) is 0 Å². The molecule has 0 amide bonds. The first-order valence-corrected chi connectivity index (χ1v) is 9.76. The van der Waals surface area contributed by atoms with Crippen LogP contribution in [0.1, 0.15) is 0 Å². The van der Waals surface area contributed by atoms with Crippen molar-refractivity contribution in [2.24, 2.45) is 0 Å². The molecule has 3 heterocycles. The second kappa shape index (κ2) is 5.26. The predicted molar refractivity (Wildman–Crippen MR) is 119 cm³/mol. The summed E-state index contributed by atoms with van der Waals surface area (Å²) in [6.07, 6.45) is 0. The molecule has 4 heteroatoms. The van der Waals surface area contributed by atoms with E-state index in [4.69, 9.17) is 4.98 Å². The number of imidazole rings is 2. The maximum atomic E-state index is 5.00. The molecule has 0 radical (unpaired) electrons. The molecule has 3 aromatic heterocycles. The van der Waals surface area contributed by atoms with Crippen LogP contribution in [0.4, 0.5) is 0 Å². The molecule has 4 aromatic carbocycles. The van der Waals surface area contributed by atoms with E-state index in [0.717, 1.165) is 44.6 Å². The van der Waals surface area contributed by atoms with Crippen molar-refractivity contribution in [1.29, 1.82) is 0 Å². The van der Waals surface area contributed by atoms with Crippen molar-refractivity contribution < 1.29 is 0 Å². The van der Waals surface area contributed by atoms with E-state index in [-0.39, 0.29) is 0 Å². The van der Waals surface area contributed by atoms with Gasteiger partial charge in [0.15, 0.2) is 0 Å². The summed E-state index contributed by atoms with van der Waals surface area (Å²) in [6.45, 7) is 0. The third-order valence-corrected chi connectivity index (χ3v) is 5.86. The number of H-pyrrole nitrogens is 1. The highest BCUT2D eigenvalue weighted by Crippen LogP contribution is 2.36. The number of nitrogens with zero attached hydrogens (tertiary/aromatic N) is 3. The highest BCUT2D eigenvalue weighted by Gasteiger charge is 2.20. The summed E-state index contributed by atoms with van der Waals surface area (Å²) in [5, 5.41) is 2.48. The van der Waals surface area contributed by atoms with Crippen LogP contribution in [0, 0.1) is 0 Å². The monoisotopic (exact) mass is 372 g/mol. The van der Waals surface area contributed by atoms with E-state index in [0.29, 0.717) is 0 Å². The molecule has 0 atom stereocenters. The van der Waals surface area contributed by atoms with E-state index in [1.165, 1.54) is 10.8 Å². The van der Waals surface area contributed by atoms with Gasteiger partial charge in [-0.1, -0.05) is 48.5 Å². The zero-order valence-electron chi connectivity index (χ0n) is 15.5. The molecule has 29 heavy (non-hydrogen) atoms. The molecule has 136 valence electrons. The first kappa shape index (κ1) is 14.9. The van der Waals surface area contributed by atoms with Crippen LogP contribution in [0.3, 0.4) is 0 Å². The molecule has 0 spiro atoms. The molecule has 0 saturated heterocycles. The topological polar surface area (TPSA) is 38.0 Å². The normalized spacial score (nSPS) is 12.1. The van der Waals surface area contributed by atoms with Crippen LogP contribution in [-0.2, 0) is 0 Å². The predicted octanol–water partition coefficient (Wildman–Crippen LogP) is 6.07. The van der Waals surface area contributed by atoms with Crippen molar-refractivity contribution >= 4 is 49.7 Å². The summed E-state index contributed by atoms with van der Waals surface area (Å²) in [6, 6.07) is 31.7. The number of hydrogen-bond donors (Lipinski definition) is 1. The number of benzene rings is 4. The molecule has 7 rings (SSSR count). The minimum Gasteiger partial charge on any atom is -0.353 e. The number of para-hydroxylation sites is 4. The van der Waals surface area contributed by atoms with Crippen LogP contribution in [0.5, 0.6) is 0 Å². The molecule has 0 aliphatic heterocycles. The second-order valence-electron chi connectivity index (χ2n) is 7.43. The molecule has 0 bridgehead atoms. The maximum Gasteiger partial charge on any atom is 0.220 e. The van der Waals surface area contributed by atoms with Gasteiger partial charge >= 0.3 is 0 Å². The maximum absolute atomic E-state index is 5.00. The Morgan fingerprint density at radius 1 is 0.655 bits per heavy atom. The Morgan fingerprint density at radius 3 is 2.38 bits per heavy atom. The lowest BCUT2D eigenvalue weighted by molar-refractivity contribution is 1.11. The van der Waals surface area contributed by atoms with Gasteiger partial charge in [-0.25, -0.2) is 4.98 Å². The van der Waals surface area contributed by atoms with Crippen LogP contribution < -0.4 is 0 Å². The Kier molecular flexibility index (Phi) is 2.71. The summed E-state index contributed by atoms with van der Waals surface area (Å²) < 4.78 is 4.54. The number of nitrogens with one attached hydrogen (secondary N) is 1. The van der Waals surface area contributed by atoms with Crippen molar-refractivity contribution in [1.82, 2.24) is 18.9 Å². The number of aromatic amines is 1. The fraction of sp³-hybridized carbons (Fsp3) is 0. The molecule has 0 fully saturated rings. The van der Waals surface area contributed by atoms with Crippen molar-refractivity contribution in [3.05, 3.63) is 91.0 Å². The zero-order chi connectivity index (χ0) is 18.9. The van der Waals surface area contributed by atoms with E-state index in [9.17, 15) is 0 Å². The summed E-state index contributed by atoms with van der Waals surface area (Å²) in [7, 11) is 0. The Morgan fingerprint density at radius 2 is 1.45 bits per heavy atom. The first-order valence-electron chi connectivity index (χ1n) is 9.76. The lowest BCUT2D eigenvalue weighted by Crippen LogP contribution is -1.95. The lowest BCUT2D eigenvalue weighted by Gasteiger charge is -2.05. The zero-order valence-corrected chi connectivity index (χ0v) is 15.5. The highest BCUT2D eigenvalue weighted by molar-refractivity contribution is 6.17. The largest absolute Gasteiger partial charge is 0.353 e. The number of aromatic nitrogens is 4. The van der Waals surface area contributed by atoms with Crippen LogP contribution in [0.15, 0.2) is 91.0 Å². The molecular weight excluding hydrogens is 356 g/mol. The molecule has 0 saturated carbocycles. The van der Waals surface area contributed by atoms with Crippen molar-refractivity contribution in [3.63, 3.8) is 0 Å². The first-order chi connectivity index (χ1) is 14.4. The van der Waals surface area contributed by atoms with E-state index in [2.05, 4.69) is 92.8 Å². The number of rotatable bonds is 1. The van der Waals surface area contributed by atoms with Gasteiger partial charge in [0.1, 0.15) is 0 Å². The van der Waals surface area contributed by atoms with Crippen LogP contribution in [0.25, 0.3) is 55.3 Å². The average Bonchev–Trinajstić information content (AvgIpc) is 3.42. The molecule has 0 aliphatic rings. The summed E-state index contributed by atoms with van der Waals surface area (Å²) in [5.41, 5.74) is 7.83. The van der Waals surface area contributed by atoms with Crippen LogP contribution in [-0.4, -0.2) is 18.9 Å². The molecule has 0 unspecified atom stereocenters. The van der Waals surface area contributed by atoms with E-state index in [1.807, 2.05) is 12.1 Å². The van der Waals surface area contributed by atoms with Gasteiger partial charge in [-0.2, -0.15) is 0 Å². The minimum absolute atomic E-state index is 0.929. The van der Waals surface area contributed by atoms with Gasteiger partial charge in [0.05, 0.1) is 27.6 Å². The fourth-order valence-electron chi connectivity index (χ4n) is 4.62. The van der Waals surface area contributed by atoms with Gasteiger partial charge in [0.25, 0.3) is 0 Å². The fourth-order valence-corrected chi connectivity index (χ4v) is 4.62. The Balaban J connectivity index is 1.80. The van der Waals surface area contributed by atoms with Gasteiger partial charge < -0.3 is 4.98 Å². The minimum atomic E-state index is 0.929. The molecule has 0 aliphatic carbocycles. The molecule has 7 aromatic rings. The second-order valence-corrected chi connectivity index (χ2v) is 7.43. The van der Waals surface area contributed by atoms with E-state index in [1.54, 1.807) is 0 Å². The third kappa shape index (κ3) is 1.85. The molecular formula is C25H16N4. The third-order valence-electron chi connectivity index (χ3n) is 5.86. The van der Waals surface area contributed by atoms with Crippen molar-refractivity contribution in [3.8, 4) is 5.69 Å². The molecule has 1 N–H and O–H groups in total. The van der Waals surface area contributed by atoms with E-state index < -0.39 is 0 Å².